The SMILES string of the molecule is COCC(=O)N1CCc2nc(-c3cccc(C)c3)[nH]c(=O)c2C1. The molecule has 120 valence electrons. The average Bonchev–Trinajstić information content (AvgIpc) is 2.54. The van der Waals surface area contributed by atoms with E-state index in [0.717, 1.165) is 16.8 Å². The molecule has 1 aromatic heterocycles. The van der Waals surface area contributed by atoms with E-state index in [1.165, 1.54) is 7.11 Å². The Bertz CT molecular complexity index is 798. The van der Waals surface area contributed by atoms with Crippen LogP contribution >= 0.6 is 0 Å². The number of amides is 1. The molecule has 0 fully saturated rings. The van der Waals surface area contributed by atoms with Gasteiger partial charge in [-0.3, -0.25) is 9.59 Å². The average molecular weight is 313 g/mol. The lowest BCUT2D eigenvalue weighted by atomic mass is 10.1. The molecule has 0 spiro atoms. The summed E-state index contributed by atoms with van der Waals surface area (Å²) in [5, 5.41) is 0. The van der Waals surface area contributed by atoms with Crippen LogP contribution in [0.15, 0.2) is 29.1 Å². The zero-order valence-electron chi connectivity index (χ0n) is 13.3. The number of benzene rings is 1. The number of hydrogen-bond donors (Lipinski definition) is 1. The first kappa shape index (κ1) is 15.4. The molecule has 0 saturated heterocycles. The van der Waals surface area contributed by atoms with Crippen LogP contribution in [0, 0.1) is 6.92 Å². The second kappa shape index (κ2) is 6.34. The minimum atomic E-state index is -0.179. The number of nitrogens with zero attached hydrogens (tertiary/aromatic N) is 2. The third-order valence-corrected chi connectivity index (χ3v) is 3.98. The highest BCUT2D eigenvalue weighted by molar-refractivity contribution is 5.77. The van der Waals surface area contributed by atoms with Crippen LogP contribution in [0.5, 0.6) is 0 Å². The molecule has 1 aliphatic heterocycles. The van der Waals surface area contributed by atoms with E-state index in [9.17, 15) is 9.59 Å². The molecule has 1 aliphatic rings. The first-order valence-electron chi connectivity index (χ1n) is 7.54. The number of ether oxygens (including phenoxy) is 1. The van der Waals surface area contributed by atoms with Gasteiger partial charge in [0.2, 0.25) is 5.91 Å². The zero-order chi connectivity index (χ0) is 16.4. The first-order chi connectivity index (χ1) is 11.1. The van der Waals surface area contributed by atoms with Crippen molar-refractivity contribution in [1.29, 1.82) is 0 Å². The number of hydrogen-bond acceptors (Lipinski definition) is 4. The number of H-pyrrole nitrogens is 1. The molecular weight excluding hydrogens is 294 g/mol. The monoisotopic (exact) mass is 313 g/mol. The van der Waals surface area contributed by atoms with Gasteiger partial charge in [-0.2, -0.15) is 0 Å². The Hall–Kier alpha value is -2.47. The summed E-state index contributed by atoms with van der Waals surface area (Å²) >= 11 is 0. The Morgan fingerprint density at radius 1 is 1.43 bits per heavy atom. The van der Waals surface area contributed by atoms with Crippen molar-refractivity contribution < 1.29 is 9.53 Å². The summed E-state index contributed by atoms with van der Waals surface area (Å²) in [6.45, 7) is 2.87. The molecule has 0 saturated carbocycles. The summed E-state index contributed by atoms with van der Waals surface area (Å²) in [5.74, 6) is 0.467. The highest BCUT2D eigenvalue weighted by Crippen LogP contribution is 2.19. The van der Waals surface area contributed by atoms with Crippen molar-refractivity contribution in [2.24, 2.45) is 0 Å². The minimum Gasteiger partial charge on any atom is -0.375 e. The van der Waals surface area contributed by atoms with Crippen molar-refractivity contribution in [1.82, 2.24) is 14.9 Å². The van der Waals surface area contributed by atoms with E-state index in [0.29, 0.717) is 24.4 Å². The molecule has 1 amide bonds. The van der Waals surface area contributed by atoms with Crippen molar-refractivity contribution in [3.8, 4) is 11.4 Å². The fourth-order valence-electron chi connectivity index (χ4n) is 2.78. The molecule has 0 aliphatic carbocycles. The van der Waals surface area contributed by atoms with Crippen molar-refractivity contribution in [2.45, 2.75) is 19.9 Å². The fraction of sp³-hybridized carbons (Fsp3) is 0.353. The maximum atomic E-state index is 12.4. The number of aromatic amines is 1. The number of aromatic nitrogens is 2. The lowest BCUT2D eigenvalue weighted by molar-refractivity contribution is -0.136. The summed E-state index contributed by atoms with van der Waals surface area (Å²) in [5.41, 5.74) is 3.16. The van der Waals surface area contributed by atoms with E-state index in [1.807, 2.05) is 31.2 Å². The minimum absolute atomic E-state index is 0.0298. The number of fused-ring (bicyclic) bond motifs is 1. The summed E-state index contributed by atoms with van der Waals surface area (Å²) in [4.78, 5) is 33.4. The number of aryl methyl sites for hydroxylation is 1. The summed E-state index contributed by atoms with van der Waals surface area (Å²) in [6, 6.07) is 7.85. The molecule has 0 atom stereocenters. The summed E-state index contributed by atoms with van der Waals surface area (Å²) in [6.07, 6.45) is 0.577. The van der Waals surface area contributed by atoms with Gasteiger partial charge in [-0.15, -0.1) is 0 Å². The second-order valence-corrected chi connectivity index (χ2v) is 5.71. The molecular formula is C17H19N3O3. The van der Waals surface area contributed by atoms with E-state index in [-0.39, 0.29) is 24.6 Å². The molecule has 2 aromatic rings. The van der Waals surface area contributed by atoms with Crippen LogP contribution < -0.4 is 5.56 Å². The highest BCUT2D eigenvalue weighted by Gasteiger charge is 2.24. The second-order valence-electron chi connectivity index (χ2n) is 5.71. The Morgan fingerprint density at radius 3 is 3.00 bits per heavy atom. The topological polar surface area (TPSA) is 75.3 Å². The first-order valence-corrected chi connectivity index (χ1v) is 7.54. The van der Waals surface area contributed by atoms with Gasteiger partial charge in [-0.25, -0.2) is 4.98 Å². The van der Waals surface area contributed by atoms with E-state index in [1.54, 1.807) is 4.90 Å². The van der Waals surface area contributed by atoms with E-state index in [2.05, 4.69) is 9.97 Å². The van der Waals surface area contributed by atoms with Crippen LogP contribution in [0.3, 0.4) is 0 Å². The Morgan fingerprint density at radius 2 is 2.26 bits per heavy atom. The quantitative estimate of drug-likeness (QED) is 0.926. The Balaban J connectivity index is 1.93. The maximum absolute atomic E-state index is 12.4. The Kier molecular flexibility index (Phi) is 4.25. The molecule has 1 N–H and O–H groups in total. The molecule has 0 radical (unpaired) electrons. The largest absolute Gasteiger partial charge is 0.375 e. The fourth-order valence-corrected chi connectivity index (χ4v) is 2.78. The molecule has 1 aromatic carbocycles. The van der Waals surface area contributed by atoms with Gasteiger partial charge in [0, 0.05) is 25.6 Å². The van der Waals surface area contributed by atoms with Crippen LogP contribution in [0.2, 0.25) is 0 Å². The van der Waals surface area contributed by atoms with Gasteiger partial charge in [0.25, 0.3) is 5.56 Å². The van der Waals surface area contributed by atoms with Gasteiger partial charge in [0.05, 0.1) is 17.8 Å². The van der Waals surface area contributed by atoms with Crippen LogP contribution in [0.1, 0.15) is 16.8 Å². The van der Waals surface area contributed by atoms with Crippen LogP contribution in [-0.4, -0.2) is 41.0 Å². The predicted octanol–water partition coefficient (Wildman–Crippen LogP) is 1.28. The van der Waals surface area contributed by atoms with Gasteiger partial charge < -0.3 is 14.6 Å². The standard InChI is InChI=1S/C17H19N3O3/c1-11-4-3-5-12(8-11)16-18-14-6-7-20(15(21)10-23-2)9-13(14)17(22)19-16/h3-5,8H,6-7,9-10H2,1-2H3,(H,18,19,22). The van der Waals surface area contributed by atoms with E-state index in [4.69, 9.17) is 4.74 Å². The van der Waals surface area contributed by atoms with Gasteiger partial charge in [0.1, 0.15) is 12.4 Å². The van der Waals surface area contributed by atoms with Gasteiger partial charge in [-0.05, 0) is 13.0 Å². The van der Waals surface area contributed by atoms with Gasteiger partial charge in [0.15, 0.2) is 0 Å². The molecule has 3 rings (SSSR count). The van der Waals surface area contributed by atoms with Crippen LogP contribution in [0.25, 0.3) is 11.4 Å². The third-order valence-electron chi connectivity index (χ3n) is 3.98. The van der Waals surface area contributed by atoms with Crippen molar-refractivity contribution in [3.63, 3.8) is 0 Å². The van der Waals surface area contributed by atoms with E-state index < -0.39 is 0 Å². The zero-order valence-corrected chi connectivity index (χ0v) is 13.3. The lowest BCUT2D eigenvalue weighted by Gasteiger charge is -2.27. The summed E-state index contributed by atoms with van der Waals surface area (Å²) < 4.78 is 4.87. The number of methoxy groups -OCH3 is 1. The summed E-state index contributed by atoms with van der Waals surface area (Å²) in [7, 11) is 1.48. The molecule has 0 unspecified atom stereocenters. The molecule has 23 heavy (non-hydrogen) atoms. The number of nitrogens with one attached hydrogen (secondary N) is 1. The third kappa shape index (κ3) is 3.17. The van der Waals surface area contributed by atoms with Gasteiger partial charge >= 0.3 is 0 Å². The molecule has 6 heteroatoms. The highest BCUT2D eigenvalue weighted by atomic mass is 16.5. The number of carbonyl (C=O) groups excluding carboxylic acids is 1. The van der Waals surface area contributed by atoms with E-state index >= 15 is 0 Å². The lowest BCUT2D eigenvalue weighted by Crippen LogP contribution is -2.41. The molecule has 2 heterocycles. The maximum Gasteiger partial charge on any atom is 0.256 e. The molecule has 0 bridgehead atoms. The molecule has 6 nitrogen and oxygen atoms in total. The van der Waals surface area contributed by atoms with Crippen LogP contribution in [-0.2, 0) is 22.5 Å². The number of carbonyl (C=O) groups is 1. The predicted molar refractivity (Wildman–Crippen MR) is 86.0 cm³/mol. The number of rotatable bonds is 3. The van der Waals surface area contributed by atoms with Crippen molar-refractivity contribution in [3.05, 3.63) is 51.4 Å². The van der Waals surface area contributed by atoms with Gasteiger partial charge in [-0.1, -0.05) is 23.8 Å². The van der Waals surface area contributed by atoms with Crippen LogP contribution in [0.4, 0.5) is 0 Å². The van der Waals surface area contributed by atoms with Crippen molar-refractivity contribution in [2.75, 3.05) is 20.3 Å². The Labute approximate surface area is 134 Å². The smallest absolute Gasteiger partial charge is 0.256 e. The van der Waals surface area contributed by atoms with Crippen molar-refractivity contribution >= 4 is 5.91 Å². The normalized spacial score (nSPS) is 13.7.